The van der Waals surface area contributed by atoms with Crippen molar-refractivity contribution >= 4 is 0 Å². The van der Waals surface area contributed by atoms with Crippen molar-refractivity contribution in [1.82, 2.24) is 10.6 Å². The van der Waals surface area contributed by atoms with Crippen LogP contribution in [0.25, 0.3) is 0 Å². The van der Waals surface area contributed by atoms with E-state index in [9.17, 15) is 0 Å². The average molecular weight is 170 g/mol. The third kappa shape index (κ3) is 4.07. The van der Waals surface area contributed by atoms with Crippen LogP contribution in [-0.2, 0) is 0 Å². The molecule has 0 spiro atoms. The second-order valence-corrected chi connectivity index (χ2v) is 4.26. The van der Waals surface area contributed by atoms with E-state index in [4.69, 9.17) is 0 Å². The second kappa shape index (κ2) is 5.55. The first-order valence-electron chi connectivity index (χ1n) is 5.20. The van der Waals surface area contributed by atoms with Crippen LogP contribution in [0.2, 0.25) is 0 Å². The summed E-state index contributed by atoms with van der Waals surface area (Å²) in [4.78, 5) is 0. The van der Waals surface area contributed by atoms with Gasteiger partial charge in [0.05, 0.1) is 0 Å². The molecule has 0 bridgehead atoms. The number of hydrogen-bond donors (Lipinski definition) is 2. The molecule has 0 aromatic rings. The van der Waals surface area contributed by atoms with E-state index >= 15 is 0 Å². The summed E-state index contributed by atoms with van der Waals surface area (Å²) in [6, 6.07) is 0. The van der Waals surface area contributed by atoms with E-state index in [-0.39, 0.29) is 0 Å². The molecule has 0 aromatic heterocycles. The van der Waals surface area contributed by atoms with Gasteiger partial charge in [-0.1, -0.05) is 13.8 Å². The van der Waals surface area contributed by atoms with Gasteiger partial charge in [0.15, 0.2) is 0 Å². The summed E-state index contributed by atoms with van der Waals surface area (Å²) in [6.45, 7) is 9.43. The molecule has 0 radical (unpaired) electrons. The average Bonchev–Trinajstić information content (AvgIpc) is 1.92. The van der Waals surface area contributed by atoms with Crippen LogP contribution in [0.15, 0.2) is 0 Å². The van der Waals surface area contributed by atoms with Gasteiger partial charge in [-0.05, 0) is 31.2 Å². The molecule has 1 fully saturated rings. The van der Waals surface area contributed by atoms with E-state index in [1.165, 1.54) is 39.0 Å². The zero-order chi connectivity index (χ0) is 8.81. The van der Waals surface area contributed by atoms with E-state index < -0.39 is 0 Å². The van der Waals surface area contributed by atoms with Crippen molar-refractivity contribution in [2.24, 2.45) is 11.8 Å². The summed E-state index contributed by atoms with van der Waals surface area (Å²) in [6.07, 6.45) is 2.69. The van der Waals surface area contributed by atoms with Crippen LogP contribution >= 0.6 is 0 Å². The Kier molecular flexibility index (Phi) is 4.62. The summed E-state index contributed by atoms with van der Waals surface area (Å²) in [7, 11) is 0. The van der Waals surface area contributed by atoms with Gasteiger partial charge < -0.3 is 10.6 Å². The molecule has 1 aliphatic rings. The zero-order valence-electron chi connectivity index (χ0n) is 8.40. The van der Waals surface area contributed by atoms with Gasteiger partial charge in [0.25, 0.3) is 0 Å². The highest BCUT2D eigenvalue weighted by molar-refractivity contribution is 4.76. The van der Waals surface area contributed by atoms with Gasteiger partial charge in [-0.25, -0.2) is 0 Å². The summed E-state index contributed by atoms with van der Waals surface area (Å²) < 4.78 is 0. The number of rotatable bonds is 6. The topological polar surface area (TPSA) is 24.1 Å². The normalized spacial score (nSPS) is 18.2. The van der Waals surface area contributed by atoms with Gasteiger partial charge in [0, 0.05) is 19.6 Å². The maximum absolute atomic E-state index is 3.50. The van der Waals surface area contributed by atoms with Crippen LogP contribution in [0.4, 0.5) is 0 Å². The second-order valence-electron chi connectivity index (χ2n) is 4.26. The standard InChI is InChI=1S/C10H22N2/c1-9(2)4-3-5-11-6-10-7-12-8-10/h9-12H,3-8H2,1-2H3. The Morgan fingerprint density at radius 2 is 2.17 bits per heavy atom. The largest absolute Gasteiger partial charge is 0.316 e. The summed E-state index contributed by atoms with van der Waals surface area (Å²) in [5.74, 6) is 1.77. The fourth-order valence-corrected chi connectivity index (χ4v) is 1.43. The summed E-state index contributed by atoms with van der Waals surface area (Å²) >= 11 is 0. The Bertz CT molecular complexity index is 108. The Morgan fingerprint density at radius 3 is 2.67 bits per heavy atom. The van der Waals surface area contributed by atoms with Crippen LogP contribution in [-0.4, -0.2) is 26.2 Å². The van der Waals surface area contributed by atoms with Crippen molar-refractivity contribution in [2.45, 2.75) is 26.7 Å². The fourth-order valence-electron chi connectivity index (χ4n) is 1.43. The minimum atomic E-state index is 0.858. The molecule has 0 aromatic carbocycles. The molecule has 0 unspecified atom stereocenters. The van der Waals surface area contributed by atoms with Gasteiger partial charge in [-0.2, -0.15) is 0 Å². The van der Waals surface area contributed by atoms with Gasteiger partial charge in [0.1, 0.15) is 0 Å². The van der Waals surface area contributed by atoms with Gasteiger partial charge >= 0.3 is 0 Å². The lowest BCUT2D eigenvalue weighted by atomic mass is 10.0. The Balaban J connectivity index is 1.76. The predicted octanol–water partition coefficient (Wildman–Crippen LogP) is 1.23. The first-order chi connectivity index (χ1) is 5.79. The van der Waals surface area contributed by atoms with Crippen molar-refractivity contribution in [3.63, 3.8) is 0 Å². The molecular weight excluding hydrogens is 148 g/mol. The lowest BCUT2D eigenvalue weighted by Gasteiger charge is -2.27. The van der Waals surface area contributed by atoms with Crippen molar-refractivity contribution in [3.8, 4) is 0 Å². The highest BCUT2D eigenvalue weighted by Gasteiger charge is 2.14. The van der Waals surface area contributed by atoms with Crippen LogP contribution < -0.4 is 10.6 Å². The monoisotopic (exact) mass is 170 g/mol. The van der Waals surface area contributed by atoms with Crippen molar-refractivity contribution in [1.29, 1.82) is 0 Å². The van der Waals surface area contributed by atoms with Gasteiger partial charge in [0.2, 0.25) is 0 Å². The van der Waals surface area contributed by atoms with E-state index in [0.29, 0.717) is 0 Å². The van der Waals surface area contributed by atoms with Crippen LogP contribution in [0, 0.1) is 11.8 Å². The van der Waals surface area contributed by atoms with E-state index in [0.717, 1.165) is 11.8 Å². The molecular formula is C10H22N2. The maximum atomic E-state index is 3.50. The minimum absolute atomic E-state index is 0.858. The lowest BCUT2D eigenvalue weighted by Crippen LogP contribution is -2.47. The van der Waals surface area contributed by atoms with Crippen LogP contribution in [0.1, 0.15) is 26.7 Å². The van der Waals surface area contributed by atoms with Crippen molar-refractivity contribution < 1.29 is 0 Å². The molecule has 1 saturated heterocycles. The number of hydrogen-bond acceptors (Lipinski definition) is 2. The van der Waals surface area contributed by atoms with Crippen molar-refractivity contribution in [3.05, 3.63) is 0 Å². The molecule has 0 aliphatic carbocycles. The molecule has 2 nitrogen and oxygen atoms in total. The minimum Gasteiger partial charge on any atom is -0.316 e. The zero-order valence-corrected chi connectivity index (χ0v) is 8.40. The highest BCUT2D eigenvalue weighted by atomic mass is 15.0. The van der Waals surface area contributed by atoms with Crippen molar-refractivity contribution in [2.75, 3.05) is 26.2 Å². The molecule has 1 heterocycles. The molecule has 0 saturated carbocycles. The van der Waals surface area contributed by atoms with Gasteiger partial charge in [-0.15, -0.1) is 0 Å². The molecule has 1 rings (SSSR count). The summed E-state index contributed by atoms with van der Waals surface area (Å²) in [5, 5.41) is 6.78. The fraction of sp³-hybridized carbons (Fsp3) is 1.00. The maximum Gasteiger partial charge on any atom is 0.000394 e. The van der Waals surface area contributed by atoms with E-state index in [1.807, 2.05) is 0 Å². The smallest absolute Gasteiger partial charge is 0.000394 e. The Labute approximate surface area is 76.1 Å². The van der Waals surface area contributed by atoms with E-state index in [1.54, 1.807) is 0 Å². The molecule has 12 heavy (non-hydrogen) atoms. The third-order valence-corrected chi connectivity index (χ3v) is 2.43. The molecule has 1 aliphatic heterocycles. The first-order valence-corrected chi connectivity index (χ1v) is 5.20. The van der Waals surface area contributed by atoms with E-state index in [2.05, 4.69) is 24.5 Å². The lowest BCUT2D eigenvalue weighted by molar-refractivity contribution is 0.330. The van der Waals surface area contributed by atoms with Gasteiger partial charge in [-0.3, -0.25) is 0 Å². The third-order valence-electron chi connectivity index (χ3n) is 2.43. The van der Waals surface area contributed by atoms with Crippen LogP contribution in [0.3, 0.4) is 0 Å². The van der Waals surface area contributed by atoms with Crippen LogP contribution in [0.5, 0.6) is 0 Å². The highest BCUT2D eigenvalue weighted by Crippen LogP contribution is 2.03. The number of nitrogens with one attached hydrogen (secondary N) is 2. The summed E-state index contributed by atoms with van der Waals surface area (Å²) in [5.41, 5.74) is 0. The predicted molar refractivity (Wildman–Crippen MR) is 53.3 cm³/mol. The molecule has 2 N–H and O–H groups in total. The molecule has 72 valence electrons. The Hall–Kier alpha value is -0.0800. The quantitative estimate of drug-likeness (QED) is 0.586. The molecule has 2 heteroatoms. The first kappa shape index (κ1) is 10.0. The Morgan fingerprint density at radius 1 is 1.42 bits per heavy atom. The SMILES string of the molecule is CC(C)CCCNCC1CNC1. The molecule has 0 amide bonds. The molecule has 0 atom stereocenters.